The smallest absolute Gasteiger partial charge is 0.107 e. The van der Waals surface area contributed by atoms with Gasteiger partial charge in [-0.05, 0) is 24.3 Å². The fourth-order valence-corrected chi connectivity index (χ4v) is 1.47. The lowest BCUT2D eigenvalue weighted by molar-refractivity contribution is 1.47. The van der Waals surface area contributed by atoms with Gasteiger partial charge in [0.05, 0.1) is 0 Å². The van der Waals surface area contributed by atoms with Crippen molar-refractivity contribution in [3.05, 3.63) is 29.4 Å². The lowest BCUT2D eigenvalue weighted by Crippen LogP contribution is -1.85. The zero-order chi connectivity index (χ0) is 8.55. The number of anilines is 1. The van der Waals surface area contributed by atoms with Crippen LogP contribution in [0.15, 0.2) is 24.3 Å². The molecule has 2 nitrogen and oxygen atoms in total. The van der Waals surface area contributed by atoms with Gasteiger partial charge in [0.25, 0.3) is 0 Å². The molecule has 2 rings (SSSR count). The maximum atomic E-state index is 5.80. The van der Waals surface area contributed by atoms with Gasteiger partial charge >= 0.3 is 0 Å². The summed E-state index contributed by atoms with van der Waals surface area (Å²) in [7, 11) is 1.90. The van der Waals surface area contributed by atoms with Gasteiger partial charge in [-0.1, -0.05) is 11.6 Å². The van der Waals surface area contributed by atoms with Gasteiger partial charge in [0.2, 0.25) is 0 Å². The summed E-state index contributed by atoms with van der Waals surface area (Å²) in [4.78, 5) is 3.05. The molecule has 0 saturated heterocycles. The van der Waals surface area contributed by atoms with Crippen molar-refractivity contribution in [2.45, 2.75) is 0 Å². The monoisotopic (exact) mass is 180 g/mol. The molecule has 0 saturated carbocycles. The second-order valence-electron chi connectivity index (χ2n) is 2.67. The van der Waals surface area contributed by atoms with Crippen LogP contribution in [-0.4, -0.2) is 12.0 Å². The maximum absolute atomic E-state index is 5.80. The van der Waals surface area contributed by atoms with Crippen LogP contribution in [0.4, 0.5) is 5.69 Å². The van der Waals surface area contributed by atoms with Crippen LogP contribution in [0.5, 0.6) is 0 Å². The molecule has 3 heteroatoms. The van der Waals surface area contributed by atoms with Crippen LogP contribution in [0.1, 0.15) is 0 Å². The van der Waals surface area contributed by atoms with Crippen molar-refractivity contribution in [1.29, 1.82) is 0 Å². The molecule has 0 spiro atoms. The van der Waals surface area contributed by atoms with Crippen LogP contribution in [0.3, 0.4) is 0 Å². The highest BCUT2D eigenvalue weighted by Gasteiger charge is 1.98. The normalized spacial score (nSPS) is 10.5. The molecule has 0 radical (unpaired) electrons. The predicted molar refractivity (Wildman–Crippen MR) is 52.9 cm³/mol. The van der Waals surface area contributed by atoms with Crippen molar-refractivity contribution in [3.63, 3.8) is 0 Å². The minimum absolute atomic E-state index is 0.679. The largest absolute Gasteiger partial charge is 0.388 e. The summed E-state index contributed by atoms with van der Waals surface area (Å²) >= 11 is 5.80. The fraction of sp³-hybridized carbons (Fsp3) is 0.111. The number of aromatic amines is 1. The van der Waals surface area contributed by atoms with E-state index >= 15 is 0 Å². The molecular formula is C9H9ClN2. The predicted octanol–water partition coefficient (Wildman–Crippen LogP) is 2.86. The third kappa shape index (κ3) is 1.14. The molecule has 0 fully saturated rings. The Kier molecular flexibility index (Phi) is 1.70. The van der Waals surface area contributed by atoms with Crippen molar-refractivity contribution in [2.24, 2.45) is 0 Å². The molecule has 62 valence electrons. The molecule has 0 aliphatic rings. The number of hydrogen-bond acceptors (Lipinski definition) is 1. The molecule has 0 bridgehead atoms. The van der Waals surface area contributed by atoms with E-state index in [0.717, 1.165) is 16.6 Å². The number of nitrogens with one attached hydrogen (secondary N) is 2. The van der Waals surface area contributed by atoms with Crippen LogP contribution in [0.25, 0.3) is 10.9 Å². The van der Waals surface area contributed by atoms with Crippen LogP contribution in [0, 0.1) is 0 Å². The van der Waals surface area contributed by atoms with Gasteiger partial charge in [-0.15, -0.1) is 0 Å². The average molecular weight is 181 g/mol. The molecule has 0 amide bonds. The van der Waals surface area contributed by atoms with Gasteiger partial charge in [-0.25, -0.2) is 0 Å². The second-order valence-corrected chi connectivity index (χ2v) is 3.08. The van der Waals surface area contributed by atoms with Crippen LogP contribution in [-0.2, 0) is 0 Å². The van der Waals surface area contributed by atoms with Gasteiger partial charge in [-0.2, -0.15) is 0 Å². The van der Waals surface area contributed by atoms with Crippen molar-refractivity contribution < 1.29 is 0 Å². The molecular weight excluding hydrogens is 172 g/mol. The Balaban J connectivity index is 2.66. The number of hydrogen-bond donors (Lipinski definition) is 2. The zero-order valence-corrected chi connectivity index (χ0v) is 7.44. The van der Waals surface area contributed by atoms with Gasteiger partial charge in [0.1, 0.15) is 5.15 Å². The Bertz CT molecular complexity index is 406. The Labute approximate surface area is 75.5 Å². The highest BCUT2D eigenvalue weighted by Crippen LogP contribution is 2.21. The first-order chi connectivity index (χ1) is 5.79. The molecule has 1 aromatic carbocycles. The summed E-state index contributed by atoms with van der Waals surface area (Å²) in [6.07, 6.45) is 0. The van der Waals surface area contributed by atoms with Gasteiger partial charge in [0.15, 0.2) is 0 Å². The van der Waals surface area contributed by atoms with E-state index in [2.05, 4.69) is 16.4 Å². The standard InChI is InChI=1S/C9H9ClN2/c1-11-7-2-3-8-6(4-7)5-9(10)12-8/h2-5,11-12H,1H3. The molecule has 2 N–H and O–H groups in total. The maximum Gasteiger partial charge on any atom is 0.107 e. The van der Waals surface area contributed by atoms with E-state index in [0.29, 0.717) is 5.15 Å². The van der Waals surface area contributed by atoms with Crippen LogP contribution < -0.4 is 5.32 Å². The van der Waals surface area contributed by atoms with Crippen LogP contribution in [0.2, 0.25) is 5.15 Å². The summed E-state index contributed by atoms with van der Waals surface area (Å²) < 4.78 is 0. The summed E-state index contributed by atoms with van der Waals surface area (Å²) in [6, 6.07) is 7.98. The van der Waals surface area contributed by atoms with Crippen molar-refractivity contribution in [3.8, 4) is 0 Å². The third-order valence-electron chi connectivity index (χ3n) is 1.88. The lowest BCUT2D eigenvalue weighted by Gasteiger charge is -1.97. The summed E-state index contributed by atoms with van der Waals surface area (Å²) in [5.74, 6) is 0. The lowest BCUT2D eigenvalue weighted by atomic mass is 10.2. The van der Waals surface area contributed by atoms with Gasteiger partial charge in [-0.3, -0.25) is 0 Å². The second kappa shape index (κ2) is 2.72. The van der Waals surface area contributed by atoms with Crippen molar-refractivity contribution in [1.82, 2.24) is 4.98 Å². The van der Waals surface area contributed by atoms with E-state index in [1.165, 1.54) is 0 Å². The fourth-order valence-electron chi connectivity index (χ4n) is 1.25. The number of rotatable bonds is 1. The SMILES string of the molecule is CNc1ccc2[nH]c(Cl)cc2c1. The first kappa shape index (κ1) is 7.50. The van der Waals surface area contributed by atoms with Crippen molar-refractivity contribution in [2.75, 3.05) is 12.4 Å². The molecule has 2 aromatic rings. The summed E-state index contributed by atoms with van der Waals surface area (Å²) in [6.45, 7) is 0. The molecule has 0 aliphatic heterocycles. The first-order valence-corrected chi connectivity index (χ1v) is 4.13. The Morgan fingerprint density at radius 1 is 1.33 bits per heavy atom. The summed E-state index contributed by atoms with van der Waals surface area (Å²) in [5, 5.41) is 4.88. The van der Waals surface area contributed by atoms with Crippen LogP contribution >= 0.6 is 11.6 Å². The Morgan fingerprint density at radius 3 is 2.92 bits per heavy atom. The Morgan fingerprint density at radius 2 is 2.17 bits per heavy atom. The summed E-state index contributed by atoms with van der Waals surface area (Å²) in [5.41, 5.74) is 2.16. The number of aromatic nitrogens is 1. The average Bonchev–Trinajstić information content (AvgIpc) is 2.43. The van der Waals surface area contributed by atoms with Gasteiger partial charge in [0, 0.05) is 23.6 Å². The number of fused-ring (bicyclic) bond motifs is 1. The quantitative estimate of drug-likeness (QED) is 0.694. The van der Waals surface area contributed by atoms with Crippen molar-refractivity contribution >= 4 is 28.2 Å². The molecule has 0 atom stereocenters. The molecule has 12 heavy (non-hydrogen) atoms. The topological polar surface area (TPSA) is 27.8 Å². The highest BCUT2D eigenvalue weighted by atomic mass is 35.5. The van der Waals surface area contributed by atoms with E-state index < -0.39 is 0 Å². The minimum Gasteiger partial charge on any atom is -0.388 e. The minimum atomic E-state index is 0.679. The van der Waals surface area contributed by atoms with E-state index in [4.69, 9.17) is 11.6 Å². The first-order valence-electron chi connectivity index (χ1n) is 3.75. The third-order valence-corrected chi connectivity index (χ3v) is 2.08. The molecule has 1 heterocycles. The van der Waals surface area contributed by atoms with Gasteiger partial charge < -0.3 is 10.3 Å². The molecule has 1 aromatic heterocycles. The number of benzene rings is 1. The van der Waals surface area contributed by atoms with E-state index in [-0.39, 0.29) is 0 Å². The zero-order valence-electron chi connectivity index (χ0n) is 6.69. The van der Waals surface area contributed by atoms with E-state index in [9.17, 15) is 0 Å². The number of H-pyrrole nitrogens is 1. The van der Waals surface area contributed by atoms with E-state index in [1.807, 2.05) is 25.2 Å². The van der Waals surface area contributed by atoms with E-state index in [1.54, 1.807) is 0 Å². The molecule has 0 unspecified atom stereocenters. The Hall–Kier alpha value is -1.15. The number of halogens is 1. The molecule has 0 aliphatic carbocycles. The highest BCUT2D eigenvalue weighted by molar-refractivity contribution is 6.30.